The lowest BCUT2D eigenvalue weighted by atomic mass is 9.73. The number of rotatable bonds is 4. The van der Waals surface area contributed by atoms with Crippen LogP contribution in [0.4, 0.5) is 18.0 Å². The van der Waals surface area contributed by atoms with Crippen LogP contribution >= 0.6 is 0 Å². The van der Waals surface area contributed by atoms with Crippen molar-refractivity contribution in [1.82, 2.24) is 25.1 Å². The molecule has 1 aromatic carbocycles. The first-order valence-corrected chi connectivity index (χ1v) is 13.3. The van der Waals surface area contributed by atoms with Gasteiger partial charge in [0.1, 0.15) is 0 Å². The maximum atomic E-state index is 13.5. The molecular formula is C30H32F3N5O2. The summed E-state index contributed by atoms with van der Waals surface area (Å²) in [6.07, 6.45) is 3.04. The van der Waals surface area contributed by atoms with E-state index in [1.165, 1.54) is 6.07 Å². The molecule has 2 aromatic heterocycles. The zero-order chi connectivity index (χ0) is 28.7. The molecule has 2 N–H and O–H groups in total. The van der Waals surface area contributed by atoms with Crippen LogP contribution in [0.1, 0.15) is 43.9 Å². The first-order valence-electron chi connectivity index (χ1n) is 13.3. The van der Waals surface area contributed by atoms with E-state index in [2.05, 4.69) is 15.7 Å². The third-order valence-electron chi connectivity index (χ3n) is 7.30. The number of halogens is 3. The van der Waals surface area contributed by atoms with E-state index in [4.69, 9.17) is 0 Å². The van der Waals surface area contributed by atoms with Crippen molar-refractivity contribution in [3.63, 3.8) is 0 Å². The van der Waals surface area contributed by atoms with Crippen molar-refractivity contribution in [3.05, 3.63) is 89.3 Å². The lowest BCUT2D eigenvalue weighted by molar-refractivity contribution is -0.137. The maximum Gasteiger partial charge on any atom is 0.416 e. The number of hydrogen-bond donors (Lipinski definition) is 2. The summed E-state index contributed by atoms with van der Waals surface area (Å²) >= 11 is 0. The molecule has 1 fully saturated rings. The van der Waals surface area contributed by atoms with Gasteiger partial charge in [-0.1, -0.05) is 35.9 Å². The van der Waals surface area contributed by atoms with Crippen LogP contribution < -0.4 is 10.6 Å². The second-order valence-electron chi connectivity index (χ2n) is 11.3. The fourth-order valence-electron chi connectivity index (χ4n) is 5.41. The number of urea groups is 1. The normalized spacial score (nSPS) is 19.5. The third-order valence-corrected chi connectivity index (χ3v) is 7.30. The van der Waals surface area contributed by atoms with Crippen molar-refractivity contribution in [2.45, 2.75) is 45.5 Å². The molecule has 210 valence electrons. The molecule has 2 unspecified atom stereocenters. The molecule has 3 heterocycles. The summed E-state index contributed by atoms with van der Waals surface area (Å²) < 4.78 is 42.1. The van der Waals surface area contributed by atoms with Crippen molar-refractivity contribution in [2.75, 3.05) is 13.1 Å². The summed E-state index contributed by atoms with van der Waals surface area (Å²) in [6, 6.07) is 10.7. The molecule has 3 aromatic rings. The lowest BCUT2D eigenvalue weighted by Gasteiger charge is -2.41. The Hall–Kier alpha value is -4.08. The van der Waals surface area contributed by atoms with Gasteiger partial charge < -0.3 is 15.5 Å². The number of hydrogen-bond acceptors (Lipinski definition) is 3. The molecule has 1 aliphatic carbocycles. The van der Waals surface area contributed by atoms with Crippen LogP contribution in [0.2, 0.25) is 0 Å². The first kappa shape index (κ1) is 27.5. The number of nitrogens with one attached hydrogen (secondary N) is 2. The van der Waals surface area contributed by atoms with Crippen LogP contribution in [-0.4, -0.2) is 45.1 Å². The molecule has 5 rings (SSSR count). The summed E-state index contributed by atoms with van der Waals surface area (Å²) in [4.78, 5) is 28.2. The largest absolute Gasteiger partial charge is 0.416 e. The molecule has 0 bridgehead atoms. The Balaban J connectivity index is 1.43. The first-order chi connectivity index (χ1) is 18.9. The number of pyridine rings is 1. The molecule has 0 spiro atoms. The van der Waals surface area contributed by atoms with Crippen molar-refractivity contribution in [1.29, 1.82) is 0 Å². The number of benzene rings is 1. The van der Waals surface area contributed by atoms with Gasteiger partial charge in [0.15, 0.2) is 0 Å². The Bertz CT molecular complexity index is 1500. The van der Waals surface area contributed by atoms with Gasteiger partial charge in [-0.25, -0.2) is 9.31 Å². The monoisotopic (exact) mass is 551 g/mol. The molecule has 0 radical (unpaired) electrons. The van der Waals surface area contributed by atoms with E-state index >= 15 is 0 Å². The van der Waals surface area contributed by atoms with Crippen LogP contribution in [0.25, 0.3) is 11.1 Å². The Labute approximate surface area is 230 Å². The number of carbonyl (C=O) groups is 2. The van der Waals surface area contributed by atoms with Gasteiger partial charge in [0.25, 0.3) is 0 Å². The molecule has 3 amide bonds. The van der Waals surface area contributed by atoms with Crippen LogP contribution in [0.3, 0.4) is 0 Å². The molecule has 10 heteroatoms. The van der Waals surface area contributed by atoms with E-state index in [9.17, 15) is 22.8 Å². The summed E-state index contributed by atoms with van der Waals surface area (Å²) in [5.74, 6) is -1.18. The molecule has 1 saturated heterocycles. The number of carbonyl (C=O) groups excluding carboxylic acids is 2. The van der Waals surface area contributed by atoms with Crippen molar-refractivity contribution < 1.29 is 22.8 Å². The standard InChI is InChI=1S/C30H32F3N5O2/c1-29(2,3)36-28(40)37-14-12-23-22(19-7-6-8-21(15-19)30(31,32)33)10-11-24(25(23)18-37)27(39)34-16-20-17-35-38-13-5-4-9-26(20)38/h4-11,13,15,17,24-25H,12,14,16,18H2,1-3H3,(H,34,39)(H,36,40). The second-order valence-corrected chi connectivity index (χ2v) is 11.3. The highest BCUT2D eigenvalue weighted by Gasteiger charge is 2.39. The molecule has 1 aliphatic heterocycles. The topological polar surface area (TPSA) is 78.7 Å². The van der Waals surface area contributed by atoms with E-state index in [1.54, 1.807) is 33.8 Å². The van der Waals surface area contributed by atoms with E-state index in [0.29, 0.717) is 24.1 Å². The Morgan fingerprint density at radius 3 is 2.65 bits per heavy atom. The van der Waals surface area contributed by atoms with Gasteiger partial charge in [0.2, 0.25) is 5.91 Å². The Morgan fingerprint density at radius 2 is 1.90 bits per heavy atom. The average Bonchev–Trinajstić information content (AvgIpc) is 3.32. The minimum absolute atomic E-state index is 0.213. The average molecular weight is 552 g/mol. The zero-order valence-corrected chi connectivity index (χ0v) is 22.6. The molecular weight excluding hydrogens is 519 g/mol. The lowest BCUT2D eigenvalue weighted by Crippen LogP contribution is -2.53. The van der Waals surface area contributed by atoms with Crippen molar-refractivity contribution >= 4 is 23.0 Å². The Kier molecular flexibility index (Phi) is 7.20. The van der Waals surface area contributed by atoms with Gasteiger partial charge in [-0.3, -0.25) is 4.79 Å². The Morgan fingerprint density at radius 1 is 1.10 bits per heavy atom. The summed E-state index contributed by atoms with van der Waals surface area (Å²) in [5, 5.41) is 10.3. The van der Waals surface area contributed by atoms with Gasteiger partial charge in [-0.05, 0) is 62.6 Å². The number of likely N-dealkylation sites (tertiary alicyclic amines) is 1. The number of aromatic nitrogens is 2. The number of fused-ring (bicyclic) bond motifs is 2. The van der Waals surface area contributed by atoms with Crippen LogP contribution in [-0.2, 0) is 17.5 Å². The van der Waals surface area contributed by atoms with E-state index in [0.717, 1.165) is 28.8 Å². The van der Waals surface area contributed by atoms with Gasteiger partial charge >= 0.3 is 12.2 Å². The minimum Gasteiger partial charge on any atom is -0.351 e. The van der Waals surface area contributed by atoms with Crippen LogP contribution in [0.5, 0.6) is 0 Å². The minimum atomic E-state index is -4.46. The number of piperidine rings is 1. The number of allylic oxidation sites excluding steroid dienone is 2. The molecule has 2 atom stereocenters. The number of nitrogens with zero attached hydrogens (tertiary/aromatic N) is 3. The molecule has 0 saturated carbocycles. The zero-order valence-electron chi connectivity index (χ0n) is 22.6. The van der Waals surface area contributed by atoms with Crippen molar-refractivity contribution in [2.24, 2.45) is 11.8 Å². The predicted octanol–water partition coefficient (Wildman–Crippen LogP) is 5.44. The van der Waals surface area contributed by atoms with Gasteiger partial charge in [-0.15, -0.1) is 0 Å². The fraction of sp³-hybridized carbons (Fsp3) is 0.367. The summed E-state index contributed by atoms with van der Waals surface area (Å²) in [7, 11) is 0. The van der Waals surface area contributed by atoms with Gasteiger partial charge in [0.05, 0.1) is 23.2 Å². The molecule has 7 nitrogen and oxygen atoms in total. The summed E-state index contributed by atoms with van der Waals surface area (Å²) in [5.41, 5.74) is 2.60. The number of amides is 3. The maximum absolute atomic E-state index is 13.5. The van der Waals surface area contributed by atoms with Gasteiger partial charge in [-0.2, -0.15) is 18.3 Å². The van der Waals surface area contributed by atoms with E-state index in [-0.39, 0.29) is 30.9 Å². The predicted molar refractivity (Wildman–Crippen MR) is 146 cm³/mol. The quantitative estimate of drug-likeness (QED) is 0.453. The van der Waals surface area contributed by atoms with Crippen molar-refractivity contribution in [3.8, 4) is 0 Å². The molecule has 40 heavy (non-hydrogen) atoms. The SMILES string of the molecule is CC(C)(C)NC(=O)N1CCC2=C(c3cccc(C(F)(F)F)c3)C=CC(C(=O)NCc3cnn4ccccc34)C2C1. The third kappa shape index (κ3) is 5.76. The van der Waals surface area contributed by atoms with E-state index < -0.39 is 23.2 Å². The number of alkyl halides is 3. The highest BCUT2D eigenvalue weighted by atomic mass is 19.4. The van der Waals surface area contributed by atoms with Crippen LogP contribution in [0, 0.1) is 11.8 Å². The highest BCUT2D eigenvalue weighted by Crippen LogP contribution is 2.41. The smallest absolute Gasteiger partial charge is 0.351 e. The highest BCUT2D eigenvalue weighted by molar-refractivity contribution is 5.87. The summed E-state index contributed by atoms with van der Waals surface area (Å²) in [6.45, 7) is 6.64. The van der Waals surface area contributed by atoms with Crippen LogP contribution in [0.15, 0.2) is 72.6 Å². The van der Waals surface area contributed by atoms with E-state index in [1.807, 2.05) is 45.2 Å². The fourth-order valence-corrected chi connectivity index (χ4v) is 5.41. The molecule has 2 aliphatic rings. The van der Waals surface area contributed by atoms with Gasteiger partial charge in [0, 0.05) is 42.9 Å². The second kappa shape index (κ2) is 10.5.